The first-order chi connectivity index (χ1) is 16.3. The van der Waals surface area contributed by atoms with Gasteiger partial charge in [0, 0.05) is 30.8 Å². The zero-order valence-corrected chi connectivity index (χ0v) is 21.6. The van der Waals surface area contributed by atoms with Crippen molar-refractivity contribution in [2.75, 3.05) is 17.6 Å². The van der Waals surface area contributed by atoms with Gasteiger partial charge >= 0.3 is 0 Å². The highest BCUT2D eigenvalue weighted by molar-refractivity contribution is 7.99. The van der Waals surface area contributed by atoms with Gasteiger partial charge in [-0.2, -0.15) is 0 Å². The summed E-state index contributed by atoms with van der Waals surface area (Å²) < 4.78 is 1.95. The van der Waals surface area contributed by atoms with Gasteiger partial charge in [0.05, 0.1) is 15.8 Å². The predicted molar refractivity (Wildman–Crippen MR) is 138 cm³/mol. The molecule has 0 saturated carbocycles. The molecule has 2 aromatic carbocycles. The molecular formula is C24H27Cl2N5O2S. The summed E-state index contributed by atoms with van der Waals surface area (Å²) >= 11 is 13.2. The highest BCUT2D eigenvalue weighted by Crippen LogP contribution is 2.23. The molecule has 0 spiro atoms. The molecule has 0 saturated heterocycles. The van der Waals surface area contributed by atoms with E-state index < -0.39 is 0 Å². The number of carbonyl (C=O) groups is 2. The summed E-state index contributed by atoms with van der Waals surface area (Å²) in [5.41, 5.74) is 2.43. The zero-order valence-electron chi connectivity index (χ0n) is 19.3. The summed E-state index contributed by atoms with van der Waals surface area (Å²) in [6.07, 6.45) is 0.503. The third-order valence-electron chi connectivity index (χ3n) is 5.12. The topological polar surface area (TPSA) is 88.9 Å². The number of hydrogen-bond acceptors (Lipinski definition) is 5. The van der Waals surface area contributed by atoms with E-state index in [2.05, 4.69) is 34.7 Å². The van der Waals surface area contributed by atoms with Gasteiger partial charge in [0.2, 0.25) is 5.91 Å². The van der Waals surface area contributed by atoms with Gasteiger partial charge in [-0.05, 0) is 48.7 Å². The van der Waals surface area contributed by atoms with Crippen molar-refractivity contribution in [3.63, 3.8) is 0 Å². The van der Waals surface area contributed by atoms with Crippen molar-refractivity contribution < 1.29 is 9.59 Å². The molecule has 0 aliphatic carbocycles. The highest BCUT2D eigenvalue weighted by atomic mass is 35.5. The normalized spacial score (nSPS) is 11.0. The minimum Gasteiger partial charge on any atom is -0.352 e. The van der Waals surface area contributed by atoms with E-state index in [1.807, 2.05) is 35.8 Å². The smallest absolute Gasteiger partial charge is 0.251 e. The Morgan fingerprint density at radius 3 is 2.44 bits per heavy atom. The molecule has 0 aliphatic rings. The molecule has 2 amide bonds. The molecule has 0 bridgehead atoms. The van der Waals surface area contributed by atoms with Gasteiger partial charge in [-0.15, -0.1) is 10.2 Å². The maximum atomic E-state index is 12.4. The molecule has 7 nitrogen and oxygen atoms in total. The molecule has 3 aromatic rings. The van der Waals surface area contributed by atoms with Crippen LogP contribution in [0.3, 0.4) is 0 Å². The fraction of sp³-hybridized carbons (Fsp3) is 0.333. The van der Waals surface area contributed by atoms with Crippen molar-refractivity contribution in [3.05, 3.63) is 69.5 Å². The quantitative estimate of drug-likeness (QED) is 0.348. The monoisotopic (exact) mass is 519 g/mol. The summed E-state index contributed by atoms with van der Waals surface area (Å²) in [7, 11) is 0. The molecule has 1 aromatic heterocycles. The maximum Gasteiger partial charge on any atom is 0.251 e. The van der Waals surface area contributed by atoms with Crippen molar-refractivity contribution >= 4 is 52.5 Å². The van der Waals surface area contributed by atoms with E-state index in [1.165, 1.54) is 23.4 Å². The zero-order chi connectivity index (χ0) is 24.7. The van der Waals surface area contributed by atoms with Gasteiger partial charge in [0.1, 0.15) is 5.82 Å². The Morgan fingerprint density at radius 2 is 1.79 bits per heavy atom. The second kappa shape index (κ2) is 12.2. The minimum absolute atomic E-state index is 0.108. The van der Waals surface area contributed by atoms with Crippen LogP contribution in [0.5, 0.6) is 0 Å². The first-order valence-corrected chi connectivity index (χ1v) is 12.7. The summed E-state index contributed by atoms with van der Waals surface area (Å²) in [4.78, 5) is 24.7. The number of benzene rings is 2. The van der Waals surface area contributed by atoms with Crippen molar-refractivity contribution in [1.82, 2.24) is 20.1 Å². The van der Waals surface area contributed by atoms with Crippen LogP contribution in [0.1, 0.15) is 48.4 Å². The van der Waals surface area contributed by atoms with E-state index in [1.54, 1.807) is 12.1 Å². The van der Waals surface area contributed by atoms with E-state index in [0.29, 0.717) is 46.2 Å². The van der Waals surface area contributed by atoms with Crippen LogP contribution in [0, 0.1) is 0 Å². The van der Waals surface area contributed by atoms with E-state index in [-0.39, 0.29) is 17.6 Å². The first kappa shape index (κ1) is 26.1. The number of nitrogens with zero attached hydrogens (tertiary/aromatic N) is 3. The Balaban J connectivity index is 1.50. The number of anilines is 1. The molecule has 0 fully saturated rings. The minimum atomic E-state index is -0.242. The summed E-state index contributed by atoms with van der Waals surface area (Å²) in [6, 6.07) is 12.6. The molecule has 0 aliphatic heterocycles. The fourth-order valence-corrected chi connectivity index (χ4v) is 4.35. The number of thioether (sulfide) groups is 1. The molecule has 34 heavy (non-hydrogen) atoms. The largest absolute Gasteiger partial charge is 0.352 e. The number of amides is 2. The second-order valence-corrected chi connectivity index (χ2v) is 9.65. The van der Waals surface area contributed by atoms with E-state index in [0.717, 1.165) is 11.5 Å². The van der Waals surface area contributed by atoms with Crippen molar-refractivity contribution in [2.24, 2.45) is 0 Å². The molecule has 0 radical (unpaired) electrons. The van der Waals surface area contributed by atoms with Gasteiger partial charge in [-0.3, -0.25) is 9.59 Å². The Morgan fingerprint density at radius 1 is 1.06 bits per heavy atom. The molecule has 10 heteroatoms. The molecule has 180 valence electrons. The molecular weight excluding hydrogens is 493 g/mol. The lowest BCUT2D eigenvalue weighted by molar-refractivity contribution is -0.113. The second-order valence-electron chi connectivity index (χ2n) is 7.89. The fourth-order valence-electron chi connectivity index (χ4n) is 3.23. The summed E-state index contributed by atoms with van der Waals surface area (Å²) in [5, 5.41) is 15.6. The molecule has 0 atom stereocenters. The SMILES string of the molecule is CCn1c(CCNC(=O)c2ccc(Cl)c(Cl)c2)nnc1SCC(=O)Nc1ccc(C(C)C)cc1. The lowest BCUT2D eigenvalue weighted by Gasteiger charge is -2.10. The summed E-state index contributed by atoms with van der Waals surface area (Å²) in [5.74, 6) is 1.05. The van der Waals surface area contributed by atoms with Crippen LogP contribution in [0.25, 0.3) is 0 Å². The van der Waals surface area contributed by atoms with E-state index in [9.17, 15) is 9.59 Å². The number of halogens is 2. The van der Waals surface area contributed by atoms with Gasteiger partial charge in [-0.1, -0.05) is 60.9 Å². The average Bonchev–Trinajstić information content (AvgIpc) is 3.21. The van der Waals surface area contributed by atoms with Crippen LogP contribution >= 0.6 is 35.0 Å². The number of aromatic nitrogens is 3. The molecule has 2 N–H and O–H groups in total. The highest BCUT2D eigenvalue weighted by Gasteiger charge is 2.14. The molecule has 3 rings (SSSR count). The Bertz CT molecular complexity index is 1150. The van der Waals surface area contributed by atoms with Crippen molar-refractivity contribution in [3.8, 4) is 0 Å². The van der Waals surface area contributed by atoms with Gasteiger partial charge in [0.25, 0.3) is 5.91 Å². The Labute approximate surface area is 213 Å². The standard InChI is InChI=1S/C24H27Cl2N5O2S/c1-4-31-21(11-12-27-23(33)17-7-10-19(25)20(26)13-17)29-30-24(31)34-14-22(32)28-18-8-5-16(6-9-18)15(2)3/h5-10,13,15H,4,11-12,14H2,1-3H3,(H,27,33)(H,28,32). The number of hydrogen-bond donors (Lipinski definition) is 2. The molecule has 1 heterocycles. The van der Waals surface area contributed by atoms with Crippen LogP contribution in [-0.4, -0.2) is 38.9 Å². The van der Waals surface area contributed by atoms with Gasteiger partial charge in [-0.25, -0.2) is 0 Å². The lowest BCUT2D eigenvalue weighted by Crippen LogP contribution is -2.26. The van der Waals surface area contributed by atoms with E-state index >= 15 is 0 Å². The third kappa shape index (κ3) is 6.98. The predicted octanol–water partition coefficient (Wildman–Crippen LogP) is 5.43. The Hall–Kier alpha value is -2.55. The number of nitrogens with one attached hydrogen (secondary N) is 2. The van der Waals surface area contributed by atoms with Crippen LogP contribution in [0.2, 0.25) is 10.0 Å². The van der Waals surface area contributed by atoms with Crippen LogP contribution < -0.4 is 10.6 Å². The molecule has 0 unspecified atom stereocenters. The van der Waals surface area contributed by atoms with Gasteiger partial charge in [0.15, 0.2) is 5.16 Å². The number of rotatable bonds is 10. The van der Waals surface area contributed by atoms with Crippen LogP contribution in [0.15, 0.2) is 47.6 Å². The van der Waals surface area contributed by atoms with Gasteiger partial charge < -0.3 is 15.2 Å². The van der Waals surface area contributed by atoms with E-state index in [4.69, 9.17) is 23.2 Å². The van der Waals surface area contributed by atoms with Crippen LogP contribution in [0.4, 0.5) is 5.69 Å². The average molecular weight is 520 g/mol. The third-order valence-corrected chi connectivity index (χ3v) is 6.82. The first-order valence-electron chi connectivity index (χ1n) is 11.0. The number of carbonyl (C=O) groups excluding carboxylic acids is 2. The van der Waals surface area contributed by atoms with Crippen molar-refractivity contribution in [2.45, 2.75) is 44.8 Å². The van der Waals surface area contributed by atoms with Crippen LogP contribution in [-0.2, 0) is 17.8 Å². The van der Waals surface area contributed by atoms with Crippen molar-refractivity contribution in [1.29, 1.82) is 0 Å². The lowest BCUT2D eigenvalue weighted by atomic mass is 10.0. The summed E-state index contributed by atoms with van der Waals surface area (Å²) in [6.45, 7) is 7.29. The Kier molecular flexibility index (Phi) is 9.38. The maximum absolute atomic E-state index is 12.4.